The average Bonchev–Trinajstić information content (AvgIpc) is 2.79. The molecule has 0 N–H and O–H groups in total. The van der Waals surface area contributed by atoms with Crippen LogP contribution in [0.25, 0.3) is 22.4 Å². The topological polar surface area (TPSA) is 41.9 Å². The Hall–Kier alpha value is -3.53. The number of pyridine rings is 1. The predicted octanol–water partition coefficient (Wildman–Crippen LogP) is 5.39. The van der Waals surface area contributed by atoms with Gasteiger partial charge in [0.25, 0.3) is 0 Å². The highest BCUT2D eigenvalue weighted by Gasteiger charge is 2.18. The molecule has 0 saturated heterocycles. The van der Waals surface area contributed by atoms with Crippen LogP contribution in [0, 0.1) is 13.8 Å². The molecule has 0 saturated carbocycles. The van der Waals surface area contributed by atoms with Crippen LogP contribution in [0.5, 0.6) is 0 Å². The lowest BCUT2D eigenvalue weighted by atomic mass is 10.00. The summed E-state index contributed by atoms with van der Waals surface area (Å²) in [5.41, 5.74) is 8.25. The summed E-state index contributed by atoms with van der Waals surface area (Å²) in [5, 5.41) is 0. The van der Waals surface area contributed by atoms with Crippen LogP contribution in [0.1, 0.15) is 22.5 Å². The molecule has 4 aromatic rings. The lowest BCUT2D eigenvalue weighted by Crippen LogP contribution is -2.31. The molecule has 1 aliphatic rings. The zero-order valence-corrected chi connectivity index (χ0v) is 17.3. The molecule has 0 atom stereocenters. The molecule has 2 aromatic carbocycles. The summed E-state index contributed by atoms with van der Waals surface area (Å²) in [6, 6.07) is 21.5. The molecule has 0 bridgehead atoms. The second kappa shape index (κ2) is 7.71. The molecule has 4 nitrogen and oxygen atoms in total. The lowest BCUT2D eigenvalue weighted by molar-refractivity contribution is 0.717. The minimum Gasteiger partial charge on any atom is -0.352 e. The highest BCUT2D eigenvalue weighted by atomic mass is 15.2. The fourth-order valence-corrected chi connectivity index (χ4v) is 4.04. The molecule has 0 radical (unpaired) electrons. The Labute approximate surface area is 177 Å². The van der Waals surface area contributed by atoms with Crippen LogP contribution in [0.15, 0.2) is 73.1 Å². The summed E-state index contributed by atoms with van der Waals surface area (Å²) in [7, 11) is 0. The van der Waals surface area contributed by atoms with Gasteiger partial charge in [-0.1, -0.05) is 54.1 Å². The van der Waals surface area contributed by atoms with Gasteiger partial charge in [0.2, 0.25) is 0 Å². The molecule has 5 rings (SSSR count). The first kappa shape index (κ1) is 18.5. The first-order valence-corrected chi connectivity index (χ1v) is 10.4. The molecule has 1 aliphatic heterocycles. The van der Waals surface area contributed by atoms with Gasteiger partial charge in [0.1, 0.15) is 11.6 Å². The van der Waals surface area contributed by atoms with Crippen molar-refractivity contribution in [2.75, 3.05) is 11.4 Å². The smallest absolute Gasteiger partial charge is 0.133 e. The number of aryl methyl sites for hydroxylation is 2. The van der Waals surface area contributed by atoms with Gasteiger partial charge in [-0.25, -0.2) is 9.97 Å². The van der Waals surface area contributed by atoms with Gasteiger partial charge >= 0.3 is 0 Å². The van der Waals surface area contributed by atoms with Crippen LogP contribution >= 0.6 is 0 Å². The van der Waals surface area contributed by atoms with E-state index < -0.39 is 0 Å². The number of aromatic nitrogens is 3. The monoisotopic (exact) mass is 392 g/mol. The number of hydrogen-bond donors (Lipinski definition) is 0. The molecule has 3 heterocycles. The molecule has 2 aromatic heterocycles. The van der Waals surface area contributed by atoms with Crippen molar-refractivity contribution in [1.82, 2.24) is 15.0 Å². The maximum atomic E-state index is 4.74. The van der Waals surface area contributed by atoms with Crippen LogP contribution in [0.4, 0.5) is 5.82 Å². The molecule has 4 heteroatoms. The summed E-state index contributed by atoms with van der Waals surface area (Å²) < 4.78 is 0. The number of nitrogens with zero attached hydrogens (tertiary/aromatic N) is 4. The van der Waals surface area contributed by atoms with Crippen molar-refractivity contribution in [3.63, 3.8) is 0 Å². The summed E-state index contributed by atoms with van der Waals surface area (Å²) in [4.78, 5) is 16.3. The lowest BCUT2D eigenvalue weighted by Gasteiger charge is -2.30. The van der Waals surface area contributed by atoms with Gasteiger partial charge in [-0.15, -0.1) is 0 Å². The summed E-state index contributed by atoms with van der Waals surface area (Å²) in [6.45, 7) is 5.91. The zero-order valence-electron chi connectivity index (χ0n) is 17.3. The van der Waals surface area contributed by atoms with Gasteiger partial charge in [-0.2, -0.15) is 0 Å². The van der Waals surface area contributed by atoms with Gasteiger partial charge in [0, 0.05) is 42.7 Å². The van der Waals surface area contributed by atoms with E-state index in [4.69, 9.17) is 9.97 Å². The van der Waals surface area contributed by atoms with Crippen molar-refractivity contribution in [3.8, 4) is 22.4 Å². The Morgan fingerprint density at radius 1 is 0.767 bits per heavy atom. The van der Waals surface area contributed by atoms with Crippen molar-refractivity contribution in [1.29, 1.82) is 0 Å². The summed E-state index contributed by atoms with van der Waals surface area (Å²) in [6.07, 6.45) is 4.83. The minimum atomic E-state index is 0.780. The van der Waals surface area contributed by atoms with E-state index in [1.807, 2.05) is 19.3 Å². The third-order valence-electron chi connectivity index (χ3n) is 5.70. The Balaban J connectivity index is 1.48. The van der Waals surface area contributed by atoms with E-state index >= 15 is 0 Å². The standard InChI is InChI=1S/C26H24N4/c1-18-7-9-21(10-8-18)23-13-24(16-27-15-23)25-14-26(29-19(2)28-25)30-12-11-20-5-3-4-6-22(20)17-30/h3-10,13-16H,11-12,17H2,1-2H3. The number of benzene rings is 2. The van der Waals surface area contributed by atoms with Crippen molar-refractivity contribution < 1.29 is 0 Å². The number of hydrogen-bond acceptors (Lipinski definition) is 4. The van der Waals surface area contributed by atoms with E-state index in [2.05, 4.69) is 77.5 Å². The largest absolute Gasteiger partial charge is 0.352 e. The molecule has 30 heavy (non-hydrogen) atoms. The van der Waals surface area contributed by atoms with Crippen molar-refractivity contribution in [2.24, 2.45) is 0 Å². The third-order valence-corrected chi connectivity index (χ3v) is 5.70. The van der Waals surface area contributed by atoms with Crippen LogP contribution < -0.4 is 4.90 Å². The van der Waals surface area contributed by atoms with E-state index in [0.29, 0.717) is 0 Å². The van der Waals surface area contributed by atoms with Crippen LogP contribution in [0.2, 0.25) is 0 Å². The number of fused-ring (bicyclic) bond motifs is 1. The van der Waals surface area contributed by atoms with E-state index in [9.17, 15) is 0 Å². The third kappa shape index (κ3) is 3.69. The summed E-state index contributed by atoms with van der Waals surface area (Å²) >= 11 is 0. The molecule has 0 spiro atoms. The number of anilines is 1. The van der Waals surface area contributed by atoms with Gasteiger partial charge in [-0.05, 0) is 43.0 Å². The second-order valence-electron chi connectivity index (χ2n) is 7.93. The van der Waals surface area contributed by atoms with E-state index in [1.54, 1.807) is 0 Å². The Bertz CT molecular complexity index is 1200. The molecule has 0 unspecified atom stereocenters. The fraction of sp³-hybridized carbons (Fsp3) is 0.192. The SMILES string of the molecule is Cc1ccc(-c2cncc(-c3cc(N4CCc5ccccc5C4)nc(C)n3)c2)cc1. The van der Waals surface area contributed by atoms with Gasteiger partial charge in [0.05, 0.1) is 5.69 Å². The normalized spacial score (nSPS) is 13.2. The Morgan fingerprint density at radius 3 is 2.37 bits per heavy atom. The molecular weight excluding hydrogens is 368 g/mol. The maximum absolute atomic E-state index is 4.74. The number of rotatable bonds is 3. The average molecular weight is 393 g/mol. The van der Waals surface area contributed by atoms with Crippen LogP contribution in [0.3, 0.4) is 0 Å². The fourth-order valence-electron chi connectivity index (χ4n) is 4.04. The molecule has 0 amide bonds. The van der Waals surface area contributed by atoms with Crippen molar-refractivity contribution in [2.45, 2.75) is 26.8 Å². The highest BCUT2D eigenvalue weighted by molar-refractivity contribution is 5.71. The molecule has 0 aliphatic carbocycles. The van der Waals surface area contributed by atoms with Crippen LogP contribution in [-0.2, 0) is 13.0 Å². The van der Waals surface area contributed by atoms with Gasteiger partial charge in [-0.3, -0.25) is 4.98 Å². The van der Waals surface area contributed by atoms with Crippen LogP contribution in [-0.4, -0.2) is 21.5 Å². The Morgan fingerprint density at radius 2 is 1.53 bits per heavy atom. The first-order valence-electron chi connectivity index (χ1n) is 10.4. The molecule has 0 fully saturated rings. The van der Waals surface area contributed by atoms with E-state index in [1.165, 1.54) is 16.7 Å². The van der Waals surface area contributed by atoms with Gasteiger partial charge < -0.3 is 4.90 Å². The van der Waals surface area contributed by atoms with Gasteiger partial charge in [0.15, 0.2) is 0 Å². The maximum Gasteiger partial charge on any atom is 0.133 e. The van der Waals surface area contributed by atoms with Crippen molar-refractivity contribution in [3.05, 3.63) is 95.6 Å². The minimum absolute atomic E-state index is 0.780. The Kier molecular flexibility index (Phi) is 4.75. The highest BCUT2D eigenvalue weighted by Crippen LogP contribution is 2.28. The predicted molar refractivity (Wildman–Crippen MR) is 121 cm³/mol. The quantitative estimate of drug-likeness (QED) is 0.469. The summed E-state index contributed by atoms with van der Waals surface area (Å²) in [5.74, 6) is 1.76. The van der Waals surface area contributed by atoms with Crippen molar-refractivity contribution >= 4 is 5.82 Å². The zero-order chi connectivity index (χ0) is 20.5. The first-order chi connectivity index (χ1) is 14.7. The molecular formula is C26H24N4. The molecule has 148 valence electrons. The second-order valence-corrected chi connectivity index (χ2v) is 7.93. The van der Waals surface area contributed by atoms with E-state index in [0.717, 1.165) is 53.5 Å². The van der Waals surface area contributed by atoms with E-state index in [-0.39, 0.29) is 0 Å².